The van der Waals surface area contributed by atoms with E-state index in [1.54, 1.807) is 0 Å². The molecule has 1 saturated carbocycles. The van der Waals surface area contributed by atoms with Crippen molar-refractivity contribution in [2.45, 2.75) is 20.5 Å². The fraction of sp³-hybridized carbons (Fsp3) is 0.500. The van der Waals surface area contributed by atoms with E-state index in [4.69, 9.17) is 9.84 Å². The molecule has 3 nitrogen and oxygen atoms in total. The minimum Gasteiger partial charge on any atom is -0.481 e. The highest BCUT2D eigenvalue weighted by atomic mass is 16.5. The Bertz CT molecular complexity index is 397. The first-order valence-electron chi connectivity index (χ1n) is 5.88. The summed E-state index contributed by atoms with van der Waals surface area (Å²) in [5.41, 5.74) is 1.00. The summed E-state index contributed by atoms with van der Waals surface area (Å²) in [5.74, 6) is -0.815. The molecule has 1 fully saturated rings. The molecule has 1 N–H and O–H groups in total. The zero-order chi connectivity index (χ0) is 12.5. The third kappa shape index (κ3) is 2.50. The Morgan fingerprint density at radius 2 is 2.00 bits per heavy atom. The van der Waals surface area contributed by atoms with Gasteiger partial charge in [-0.05, 0) is 11.0 Å². The van der Waals surface area contributed by atoms with Gasteiger partial charge in [0.1, 0.15) is 0 Å². The summed E-state index contributed by atoms with van der Waals surface area (Å²) in [7, 11) is 0. The number of carbonyl (C=O) groups is 1. The molecule has 1 aliphatic carbocycles. The highest BCUT2D eigenvalue weighted by Crippen LogP contribution is 2.58. The van der Waals surface area contributed by atoms with E-state index >= 15 is 0 Å². The average Bonchev–Trinajstić information content (AvgIpc) is 2.82. The lowest BCUT2D eigenvalue weighted by atomic mass is 10.1. The van der Waals surface area contributed by atoms with Crippen LogP contribution in [0.2, 0.25) is 0 Å². The maximum absolute atomic E-state index is 11.0. The largest absolute Gasteiger partial charge is 0.481 e. The van der Waals surface area contributed by atoms with Gasteiger partial charge in [-0.25, -0.2) is 0 Å². The third-order valence-corrected chi connectivity index (χ3v) is 3.73. The topological polar surface area (TPSA) is 46.5 Å². The molecule has 0 saturated heterocycles. The molecule has 0 aliphatic heterocycles. The number of benzene rings is 1. The molecule has 0 spiro atoms. The van der Waals surface area contributed by atoms with E-state index in [1.165, 1.54) is 0 Å². The Kier molecular flexibility index (Phi) is 3.20. The van der Waals surface area contributed by atoms with Crippen LogP contribution in [0.1, 0.15) is 19.4 Å². The average molecular weight is 234 g/mol. The van der Waals surface area contributed by atoms with E-state index in [-0.39, 0.29) is 17.3 Å². The molecule has 0 radical (unpaired) electrons. The van der Waals surface area contributed by atoms with Gasteiger partial charge in [-0.3, -0.25) is 4.79 Å². The van der Waals surface area contributed by atoms with Crippen LogP contribution in [0.3, 0.4) is 0 Å². The van der Waals surface area contributed by atoms with Crippen molar-refractivity contribution < 1.29 is 14.6 Å². The quantitative estimate of drug-likeness (QED) is 0.851. The molecule has 92 valence electrons. The van der Waals surface area contributed by atoms with Gasteiger partial charge >= 0.3 is 5.97 Å². The van der Waals surface area contributed by atoms with Crippen molar-refractivity contribution >= 4 is 5.97 Å². The van der Waals surface area contributed by atoms with Crippen LogP contribution in [0, 0.1) is 17.3 Å². The highest BCUT2D eigenvalue weighted by molar-refractivity contribution is 5.75. The summed E-state index contributed by atoms with van der Waals surface area (Å²) in [6, 6.07) is 9.92. The third-order valence-electron chi connectivity index (χ3n) is 3.73. The van der Waals surface area contributed by atoms with Crippen LogP contribution in [0.4, 0.5) is 0 Å². The lowest BCUT2D eigenvalue weighted by Crippen LogP contribution is -2.04. The fourth-order valence-electron chi connectivity index (χ4n) is 2.42. The van der Waals surface area contributed by atoms with Gasteiger partial charge in [-0.15, -0.1) is 0 Å². The van der Waals surface area contributed by atoms with Gasteiger partial charge in [-0.1, -0.05) is 44.2 Å². The van der Waals surface area contributed by atoms with E-state index in [0.717, 1.165) is 5.56 Å². The number of aliphatic carboxylic acids is 1. The SMILES string of the molecule is CC1(C)[C@H](C(=O)O)[C@@H]1COCc1ccccc1. The summed E-state index contributed by atoms with van der Waals surface area (Å²) in [4.78, 5) is 11.0. The summed E-state index contributed by atoms with van der Waals surface area (Å²) in [6.07, 6.45) is 0. The van der Waals surface area contributed by atoms with Gasteiger partial charge < -0.3 is 9.84 Å². The maximum Gasteiger partial charge on any atom is 0.307 e. The van der Waals surface area contributed by atoms with Crippen molar-refractivity contribution in [3.05, 3.63) is 35.9 Å². The zero-order valence-electron chi connectivity index (χ0n) is 10.2. The molecule has 17 heavy (non-hydrogen) atoms. The van der Waals surface area contributed by atoms with Crippen molar-refractivity contribution in [1.29, 1.82) is 0 Å². The van der Waals surface area contributed by atoms with Crippen molar-refractivity contribution in [3.8, 4) is 0 Å². The summed E-state index contributed by atoms with van der Waals surface area (Å²) in [6.45, 7) is 5.06. The van der Waals surface area contributed by atoms with E-state index in [1.807, 2.05) is 44.2 Å². The monoisotopic (exact) mass is 234 g/mol. The standard InChI is InChI=1S/C14H18O3/c1-14(2)11(12(14)13(15)16)9-17-8-10-6-4-3-5-7-10/h3-7,11-12H,8-9H2,1-2H3,(H,15,16)/t11-,12-/m0/s1. The molecule has 0 heterocycles. The van der Waals surface area contributed by atoms with Gasteiger partial charge in [-0.2, -0.15) is 0 Å². The second-order valence-electron chi connectivity index (χ2n) is 5.24. The van der Waals surface area contributed by atoms with E-state index in [9.17, 15) is 4.79 Å². The van der Waals surface area contributed by atoms with Gasteiger partial charge in [0.05, 0.1) is 19.1 Å². The van der Waals surface area contributed by atoms with Gasteiger partial charge in [0.15, 0.2) is 0 Å². The Morgan fingerprint density at radius 1 is 1.35 bits per heavy atom. The molecule has 1 aliphatic rings. The Morgan fingerprint density at radius 3 is 2.53 bits per heavy atom. The van der Waals surface area contributed by atoms with E-state index < -0.39 is 5.97 Å². The Hall–Kier alpha value is -1.35. The van der Waals surface area contributed by atoms with Gasteiger partial charge in [0.25, 0.3) is 0 Å². The summed E-state index contributed by atoms with van der Waals surface area (Å²) in [5, 5.41) is 9.02. The highest BCUT2D eigenvalue weighted by Gasteiger charge is 2.61. The number of hydrogen-bond acceptors (Lipinski definition) is 2. The van der Waals surface area contributed by atoms with Crippen LogP contribution < -0.4 is 0 Å². The minimum atomic E-state index is -0.705. The summed E-state index contributed by atoms with van der Waals surface area (Å²) < 4.78 is 5.60. The molecule has 1 aromatic carbocycles. The van der Waals surface area contributed by atoms with Crippen LogP contribution in [-0.2, 0) is 16.1 Å². The van der Waals surface area contributed by atoms with Gasteiger partial charge in [0.2, 0.25) is 0 Å². The van der Waals surface area contributed by atoms with Gasteiger partial charge in [0, 0.05) is 5.92 Å². The van der Waals surface area contributed by atoms with E-state index in [2.05, 4.69) is 0 Å². The fourth-order valence-corrected chi connectivity index (χ4v) is 2.42. The first-order valence-corrected chi connectivity index (χ1v) is 5.88. The number of carboxylic acid groups (broad SMARTS) is 1. The molecule has 0 bridgehead atoms. The molecular weight excluding hydrogens is 216 g/mol. The maximum atomic E-state index is 11.0. The van der Waals surface area contributed by atoms with E-state index in [0.29, 0.717) is 13.2 Å². The Labute approximate surface area is 101 Å². The summed E-state index contributed by atoms with van der Waals surface area (Å²) >= 11 is 0. The molecule has 2 rings (SSSR count). The molecule has 1 aromatic rings. The molecule has 0 amide bonds. The first kappa shape index (κ1) is 12.1. The smallest absolute Gasteiger partial charge is 0.307 e. The van der Waals surface area contributed by atoms with Crippen molar-refractivity contribution in [3.63, 3.8) is 0 Å². The number of ether oxygens (including phenoxy) is 1. The van der Waals surface area contributed by atoms with Crippen LogP contribution in [0.15, 0.2) is 30.3 Å². The van der Waals surface area contributed by atoms with Crippen LogP contribution in [0.25, 0.3) is 0 Å². The van der Waals surface area contributed by atoms with Crippen molar-refractivity contribution in [1.82, 2.24) is 0 Å². The van der Waals surface area contributed by atoms with Crippen molar-refractivity contribution in [2.24, 2.45) is 17.3 Å². The molecule has 2 atom stereocenters. The second-order valence-corrected chi connectivity index (χ2v) is 5.24. The molecule has 3 heteroatoms. The normalized spacial score (nSPS) is 25.5. The number of carboxylic acids is 1. The minimum absolute atomic E-state index is 0.122. The van der Waals surface area contributed by atoms with Crippen LogP contribution >= 0.6 is 0 Å². The number of rotatable bonds is 5. The zero-order valence-corrected chi connectivity index (χ0v) is 10.2. The second kappa shape index (κ2) is 4.49. The lowest BCUT2D eigenvalue weighted by molar-refractivity contribution is -0.139. The lowest BCUT2D eigenvalue weighted by Gasteiger charge is -2.05. The first-order chi connectivity index (χ1) is 8.03. The Balaban J connectivity index is 1.79. The molecule has 0 unspecified atom stereocenters. The predicted octanol–water partition coefficient (Wildman–Crippen LogP) is 2.56. The predicted molar refractivity (Wildman–Crippen MR) is 64.5 cm³/mol. The van der Waals surface area contributed by atoms with Crippen molar-refractivity contribution in [2.75, 3.05) is 6.61 Å². The number of hydrogen-bond donors (Lipinski definition) is 1. The molecule has 0 aromatic heterocycles. The van der Waals surface area contributed by atoms with Crippen LogP contribution in [0.5, 0.6) is 0 Å². The molecular formula is C14H18O3. The van der Waals surface area contributed by atoms with Crippen LogP contribution in [-0.4, -0.2) is 17.7 Å².